The lowest BCUT2D eigenvalue weighted by Crippen LogP contribution is -1.96. The predicted octanol–water partition coefficient (Wildman–Crippen LogP) is 1.84. The summed E-state index contributed by atoms with van der Waals surface area (Å²) in [5.74, 6) is 0.882. The van der Waals surface area contributed by atoms with Crippen molar-refractivity contribution in [3.63, 3.8) is 0 Å². The summed E-state index contributed by atoms with van der Waals surface area (Å²) in [6.45, 7) is 2.06. The van der Waals surface area contributed by atoms with Crippen molar-refractivity contribution in [1.29, 1.82) is 0 Å². The van der Waals surface area contributed by atoms with Crippen LogP contribution in [0, 0.1) is 0 Å². The molecular formula is C9H13NO. The highest BCUT2D eigenvalue weighted by Crippen LogP contribution is 2.23. The highest BCUT2D eigenvalue weighted by atomic mass is 16.5. The van der Waals surface area contributed by atoms with Gasteiger partial charge in [-0.3, -0.25) is 0 Å². The molecule has 1 aromatic rings. The van der Waals surface area contributed by atoms with Crippen LogP contribution in [0.25, 0.3) is 0 Å². The molecule has 2 N–H and O–H groups in total. The minimum atomic E-state index is 0.812. The number of hydrogen-bond acceptors (Lipinski definition) is 2. The second-order valence-corrected chi connectivity index (χ2v) is 2.38. The third-order valence-electron chi connectivity index (χ3n) is 1.74. The van der Waals surface area contributed by atoms with Crippen molar-refractivity contribution in [2.45, 2.75) is 13.3 Å². The molecule has 0 aromatic heterocycles. The standard InChI is InChI=1S/C9H13NO/c1-3-7-8(10)5-4-6-9(7)11-2/h4-6H,3,10H2,1-2H3. The maximum Gasteiger partial charge on any atom is 0.124 e. The quantitative estimate of drug-likeness (QED) is 0.654. The normalized spacial score (nSPS) is 9.64. The van der Waals surface area contributed by atoms with Gasteiger partial charge in [0.05, 0.1) is 7.11 Å². The minimum Gasteiger partial charge on any atom is -0.496 e. The first-order valence-corrected chi connectivity index (χ1v) is 3.71. The molecule has 0 amide bonds. The first kappa shape index (κ1) is 7.92. The molecule has 0 unspecified atom stereocenters. The van der Waals surface area contributed by atoms with Crippen molar-refractivity contribution in [3.8, 4) is 5.75 Å². The van der Waals surface area contributed by atoms with E-state index in [4.69, 9.17) is 10.5 Å². The lowest BCUT2D eigenvalue weighted by molar-refractivity contribution is 0.410. The monoisotopic (exact) mass is 151 g/mol. The third kappa shape index (κ3) is 1.45. The molecule has 0 spiro atoms. The maximum absolute atomic E-state index is 5.73. The Balaban J connectivity index is 3.13. The molecule has 1 aromatic carbocycles. The molecule has 0 bridgehead atoms. The van der Waals surface area contributed by atoms with E-state index in [1.165, 1.54) is 0 Å². The van der Waals surface area contributed by atoms with Crippen LogP contribution >= 0.6 is 0 Å². The summed E-state index contributed by atoms with van der Waals surface area (Å²) in [6, 6.07) is 5.71. The van der Waals surface area contributed by atoms with Crippen molar-refractivity contribution in [2.75, 3.05) is 12.8 Å². The second-order valence-electron chi connectivity index (χ2n) is 2.38. The Kier molecular flexibility index (Phi) is 2.36. The molecule has 0 saturated heterocycles. The smallest absolute Gasteiger partial charge is 0.124 e. The topological polar surface area (TPSA) is 35.2 Å². The number of methoxy groups -OCH3 is 1. The van der Waals surface area contributed by atoms with Crippen LogP contribution in [0.4, 0.5) is 5.69 Å². The van der Waals surface area contributed by atoms with Crippen LogP contribution in [0.1, 0.15) is 12.5 Å². The van der Waals surface area contributed by atoms with Crippen LogP contribution in [0.2, 0.25) is 0 Å². The summed E-state index contributed by atoms with van der Waals surface area (Å²) in [6.07, 6.45) is 0.913. The first-order valence-electron chi connectivity index (χ1n) is 3.71. The highest BCUT2D eigenvalue weighted by Gasteiger charge is 2.02. The van der Waals surface area contributed by atoms with Crippen LogP contribution in [0.5, 0.6) is 5.75 Å². The van der Waals surface area contributed by atoms with Crippen LogP contribution in [0.15, 0.2) is 18.2 Å². The zero-order valence-electron chi connectivity index (χ0n) is 6.92. The molecular weight excluding hydrogens is 138 g/mol. The predicted molar refractivity (Wildman–Crippen MR) is 46.8 cm³/mol. The van der Waals surface area contributed by atoms with Crippen LogP contribution in [-0.4, -0.2) is 7.11 Å². The minimum absolute atomic E-state index is 0.812. The van der Waals surface area contributed by atoms with Crippen LogP contribution < -0.4 is 10.5 Å². The fourth-order valence-corrected chi connectivity index (χ4v) is 1.15. The first-order chi connectivity index (χ1) is 5.29. The van der Waals surface area contributed by atoms with Gasteiger partial charge in [0, 0.05) is 11.3 Å². The van der Waals surface area contributed by atoms with Gasteiger partial charge in [-0.15, -0.1) is 0 Å². The zero-order valence-corrected chi connectivity index (χ0v) is 6.92. The Morgan fingerprint density at radius 2 is 2.18 bits per heavy atom. The summed E-state index contributed by atoms with van der Waals surface area (Å²) in [5.41, 5.74) is 7.63. The summed E-state index contributed by atoms with van der Waals surface area (Å²) in [5, 5.41) is 0. The SMILES string of the molecule is CCc1c(N)cccc1OC. The lowest BCUT2D eigenvalue weighted by atomic mass is 10.1. The fourth-order valence-electron chi connectivity index (χ4n) is 1.15. The molecule has 0 radical (unpaired) electrons. The molecule has 0 fully saturated rings. The van der Waals surface area contributed by atoms with E-state index in [2.05, 4.69) is 6.92 Å². The van der Waals surface area contributed by atoms with Crippen molar-refractivity contribution in [3.05, 3.63) is 23.8 Å². The van der Waals surface area contributed by atoms with Gasteiger partial charge in [0.15, 0.2) is 0 Å². The molecule has 60 valence electrons. The van der Waals surface area contributed by atoms with Gasteiger partial charge in [-0.05, 0) is 18.6 Å². The number of rotatable bonds is 2. The van der Waals surface area contributed by atoms with Gasteiger partial charge in [-0.25, -0.2) is 0 Å². The average Bonchev–Trinajstić information content (AvgIpc) is 2.04. The summed E-state index contributed by atoms with van der Waals surface area (Å²) >= 11 is 0. The molecule has 0 aliphatic rings. The van der Waals surface area contributed by atoms with Gasteiger partial charge in [0.1, 0.15) is 5.75 Å². The van der Waals surface area contributed by atoms with Gasteiger partial charge in [0.25, 0.3) is 0 Å². The Hall–Kier alpha value is -1.18. The van der Waals surface area contributed by atoms with E-state index < -0.39 is 0 Å². The van der Waals surface area contributed by atoms with E-state index in [0.717, 1.165) is 23.4 Å². The molecule has 1 rings (SSSR count). The molecule has 0 atom stereocenters. The largest absolute Gasteiger partial charge is 0.496 e. The summed E-state index contributed by atoms with van der Waals surface area (Å²) in [4.78, 5) is 0. The fraction of sp³-hybridized carbons (Fsp3) is 0.333. The molecule has 11 heavy (non-hydrogen) atoms. The van der Waals surface area contributed by atoms with Gasteiger partial charge < -0.3 is 10.5 Å². The van der Waals surface area contributed by atoms with Gasteiger partial charge in [-0.1, -0.05) is 13.0 Å². The van der Waals surface area contributed by atoms with E-state index in [0.29, 0.717) is 0 Å². The summed E-state index contributed by atoms with van der Waals surface area (Å²) < 4.78 is 5.14. The number of nitrogens with two attached hydrogens (primary N) is 1. The third-order valence-corrected chi connectivity index (χ3v) is 1.74. The number of benzene rings is 1. The van der Waals surface area contributed by atoms with Crippen molar-refractivity contribution in [2.24, 2.45) is 0 Å². The Morgan fingerprint density at radius 3 is 2.64 bits per heavy atom. The molecule has 2 nitrogen and oxygen atoms in total. The van der Waals surface area contributed by atoms with Crippen LogP contribution in [-0.2, 0) is 6.42 Å². The number of ether oxygens (including phenoxy) is 1. The lowest BCUT2D eigenvalue weighted by Gasteiger charge is -2.07. The zero-order chi connectivity index (χ0) is 8.27. The average molecular weight is 151 g/mol. The second kappa shape index (κ2) is 3.28. The number of anilines is 1. The van der Waals surface area contributed by atoms with E-state index in [1.807, 2.05) is 18.2 Å². The van der Waals surface area contributed by atoms with E-state index in [-0.39, 0.29) is 0 Å². The maximum atomic E-state index is 5.73. The number of nitrogen functional groups attached to an aromatic ring is 1. The van der Waals surface area contributed by atoms with Crippen LogP contribution in [0.3, 0.4) is 0 Å². The molecule has 0 saturated carbocycles. The number of hydrogen-bond donors (Lipinski definition) is 1. The molecule has 2 heteroatoms. The van der Waals surface area contributed by atoms with Crippen molar-refractivity contribution < 1.29 is 4.74 Å². The van der Waals surface area contributed by atoms with Gasteiger partial charge in [-0.2, -0.15) is 0 Å². The Labute approximate surface area is 67.0 Å². The van der Waals surface area contributed by atoms with E-state index >= 15 is 0 Å². The molecule has 0 aliphatic heterocycles. The van der Waals surface area contributed by atoms with E-state index in [9.17, 15) is 0 Å². The summed E-state index contributed by atoms with van der Waals surface area (Å²) in [7, 11) is 1.66. The molecule has 0 heterocycles. The van der Waals surface area contributed by atoms with Gasteiger partial charge >= 0.3 is 0 Å². The Morgan fingerprint density at radius 1 is 1.45 bits per heavy atom. The van der Waals surface area contributed by atoms with Crippen molar-refractivity contribution in [1.82, 2.24) is 0 Å². The molecule has 0 aliphatic carbocycles. The highest BCUT2D eigenvalue weighted by molar-refractivity contribution is 5.54. The van der Waals surface area contributed by atoms with Gasteiger partial charge in [0.2, 0.25) is 0 Å². The van der Waals surface area contributed by atoms with E-state index in [1.54, 1.807) is 7.11 Å². The van der Waals surface area contributed by atoms with Crippen molar-refractivity contribution >= 4 is 5.69 Å². The Bertz CT molecular complexity index is 245.